The van der Waals surface area contributed by atoms with Crippen LogP contribution in [0.5, 0.6) is 11.5 Å². The summed E-state index contributed by atoms with van der Waals surface area (Å²) in [6.07, 6.45) is 0. The highest BCUT2D eigenvalue weighted by Crippen LogP contribution is 2.30. The summed E-state index contributed by atoms with van der Waals surface area (Å²) in [7, 11) is 1.50. The number of carbonyl (C=O) groups is 1. The van der Waals surface area contributed by atoms with Crippen LogP contribution in [0.4, 0.5) is 0 Å². The summed E-state index contributed by atoms with van der Waals surface area (Å²) in [6, 6.07) is 11.8. The van der Waals surface area contributed by atoms with Crippen molar-refractivity contribution in [3.8, 4) is 11.5 Å². The molecule has 0 amide bonds. The van der Waals surface area contributed by atoms with Crippen molar-refractivity contribution in [1.29, 1.82) is 0 Å². The van der Waals surface area contributed by atoms with E-state index in [1.165, 1.54) is 12.7 Å². The van der Waals surface area contributed by atoms with Crippen LogP contribution in [0.15, 0.2) is 42.5 Å². The van der Waals surface area contributed by atoms with Gasteiger partial charge in [0, 0.05) is 0 Å². The molecule has 0 bridgehead atoms. The fourth-order valence-corrected chi connectivity index (χ4v) is 1.98. The molecule has 116 valence electrons. The minimum Gasteiger partial charge on any atom is -0.493 e. The molecule has 0 aromatic heterocycles. The molecular weight excluding hydrogens is 282 g/mol. The van der Waals surface area contributed by atoms with Crippen molar-refractivity contribution in [3.63, 3.8) is 0 Å². The zero-order chi connectivity index (χ0) is 16.1. The van der Waals surface area contributed by atoms with Crippen molar-refractivity contribution in [3.05, 3.63) is 59.2 Å². The molecule has 0 heterocycles. The van der Waals surface area contributed by atoms with Crippen molar-refractivity contribution in [2.75, 3.05) is 7.11 Å². The number of hydrogen-bond donors (Lipinski definition) is 2. The summed E-state index contributed by atoms with van der Waals surface area (Å²) in [5.41, 5.74) is 8.29. The number of hydrogen-bond acceptors (Lipinski definition) is 4. The van der Waals surface area contributed by atoms with Crippen molar-refractivity contribution in [1.82, 2.24) is 0 Å². The number of carboxylic acids is 1. The maximum Gasteiger partial charge on any atom is 0.325 e. The summed E-state index contributed by atoms with van der Waals surface area (Å²) < 4.78 is 11.0. The van der Waals surface area contributed by atoms with Crippen LogP contribution < -0.4 is 15.2 Å². The maximum atomic E-state index is 10.9. The van der Waals surface area contributed by atoms with E-state index in [2.05, 4.69) is 0 Å². The minimum atomic E-state index is -1.09. The van der Waals surface area contributed by atoms with Gasteiger partial charge in [0.05, 0.1) is 7.11 Å². The molecule has 0 radical (unpaired) electrons. The Morgan fingerprint density at radius 3 is 2.45 bits per heavy atom. The van der Waals surface area contributed by atoms with Crippen molar-refractivity contribution in [2.24, 2.45) is 5.73 Å². The van der Waals surface area contributed by atoms with E-state index in [1.807, 2.05) is 31.2 Å². The second-order valence-electron chi connectivity index (χ2n) is 5.00. The Bertz CT molecular complexity index is 652. The molecule has 1 atom stereocenters. The first-order valence-corrected chi connectivity index (χ1v) is 6.86. The molecule has 0 spiro atoms. The number of methoxy groups -OCH3 is 1. The summed E-state index contributed by atoms with van der Waals surface area (Å²) in [5, 5.41) is 8.95. The van der Waals surface area contributed by atoms with Crippen molar-refractivity contribution >= 4 is 5.97 Å². The molecular formula is C17H19NO4. The zero-order valence-corrected chi connectivity index (χ0v) is 12.6. The molecule has 0 aliphatic heterocycles. The Hall–Kier alpha value is -2.53. The highest BCUT2D eigenvalue weighted by molar-refractivity contribution is 5.75. The van der Waals surface area contributed by atoms with Gasteiger partial charge in [0.15, 0.2) is 11.5 Å². The van der Waals surface area contributed by atoms with Gasteiger partial charge in [0.1, 0.15) is 12.6 Å². The third kappa shape index (κ3) is 3.77. The van der Waals surface area contributed by atoms with E-state index in [9.17, 15) is 4.79 Å². The molecule has 0 saturated heterocycles. The Balaban J connectivity index is 2.13. The van der Waals surface area contributed by atoms with Crippen LogP contribution in [0, 0.1) is 6.92 Å². The molecule has 2 aromatic rings. The average Bonchev–Trinajstić information content (AvgIpc) is 2.53. The number of benzene rings is 2. The SMILES string of the molecule is COc1cc(C(N)C(=O)O)ccc1OCc1ccc(C)cc1. The van der Waals surface area contributed by atoms with Gasteiger partial charge in [-0.15, -0.1) is 0 Å². The fourth-order valence-electron chi connectivity index (χ4n) is 1.98. The van der Waals surface area contributed by atoms with E-state index in [0.717, 1.165) is 5.56 Å². The Morgan fingerprint density at radius 2 is 1.86 bits per heavy atom. The predicted octanol–water partition coefficient (Wildman–Crippen LogP) is 2.67. The smallest absolute Gasteiger partial charge is 0.325 e. The van der Waals surface area contributed by atoms with Crippen LogP contribution in [-0.4, -0.2) is 18.2 Å². The largest absolute Gasteiger partial charge is 0.493 e. The predicted molar refractivity (Wildman–Crippen MR) is 83.1 cm³/mol. The van der Waals surface area contributed by atoms with Crippen molar-refractivity contribution in [2.45, 2.75) is 19.6 Å². The van der Waals surface area contributed by atoms with Crippen LogP contribution in [0.1, 0.15) is 22.7 Å². The van der Waals surface area contributed by atoms with Crippen LogP contribution >= 0.6 is 0 Å². The molecule has 0 saturated carbocycles. The van der Waals surface area contributed by atoms with Gasteiger partial charge < -0.3 is 20.3 Å². The lowest BCUT2D eigenvalue weighted by molar-refractivity contribution is -0.138. The summed E-state index contributed by atoms with van der Waals surface area (Å²) in [5.74, 6) is -0.0823. The second kappa shape index (κ2) is 6.95. The van der Waals surface area contributed by atoms with Crippen LogP contribution in [-0.2, 0) is 11.4 Å². The van der Waals surface area contributed by atoms with Gasteiger partial charge in [-0.3, -0.25) is 4.79 Å². The Morgan fingerprint density at radius 1 is 1.18 bits per heavy atom. The molecule has 22 heavy (non-hydrogen) atoms. The average molecular weight is 301 g/mol. The number of carboxylic acid groups (broad SMARTS) is 1. The van der Waals surface area contributed by atoms with Gasteiger partial charge in [-0.2, -0.15) is 0 Å². The van der Waals surface area contributed by atoms with E-state index in [0.29, 0.717) is 23.7 Å². The molecule has 0 aliphatic carbocycles. The van der Waals surface area contributed by atoms with Gasteiger partial charge in [-0.25, -0.2) is 0 Å². The number of nitrogens with two attached hydrogens (primary N) is 1. The lowest BCUT2D eigenvalue weighted by Crippen LogP contribution is -2.20. The third-order valence-electron chi connectivity index (χ3n) is 3.33. The normalized spacial score (nSPS) is 11.8. The quantitative estimate of drug-likeness (QED) is 0.857. The lowest BCUT2D eigenvalue weighted by Gasteiger charge is -2.14. The Kier molecular flexibility index (Phi) is 5.01. The Labute approximate surface area is 129 Å². The van der Waals surface area contributed by atoms with E-state index < -0.39 is 12.0 Å². The van der Waals surface area contributed by atoms with Crippen molar-refractivity contribution < 1.29 is 19.4 Å². The van der Waals surface area contributed by atoms with Gasteiger partial charge >= 0.3 is 5.97 Å². The topological polar surface area (TPSA) is 81.8 Å². The van der Waals surface area contributed by atoms with Gasteiger partial charge in [0.2, 0.25) is 0 Å². The first kappa shape index (κ1) is 15.9. The van der Waals surface area contributed by atoms with Crippen LogP contribution in [0.2, 0.25) is 0 Å². The van der Waals surface area contributed by atoms with E-state index in [4.69, 9.17) is 20.3 Å². The zero-order valence-electron chi connectivity index (χ0n) is 12.6. The molecule has 5 nitrogen and oxygen atoms in total. The number of aliphatic carboxylic acids is 1. The standard InChI is InChI=1S/C17H19NO4/c1-11-3-5-12(6-4-11)10-22-14-8-7-13(9-15(14)21-2)16(18)17(19)20/h3-9,16H,10,18H2,1-2H3,(H,19,20). The highest BCUT2D eigenvalue weighted by atomic mass is 16.5. The van der Waals surface area contributed by atoms with Crippen LogP contribution in [0.3, 0.4) is 0 Å². The minimum absolute atomic E-state index is 0.404. The number of rotatable bonds is 6. The molecule has 2 rings (SSSR count). The molecule has 1 unspecified atom stereocenters. The summed E-state index contributed by atoms with van der Waals surface area (Å²) in [6.45, 7) is 2.43. The first-order valence-electron chi connectivity index (χ1n) is 6.86. The summed E-state index contributed by atoms with van der Waals surface area (Å²) in [4.78, 5) is 10.9. The second-order valence-corrected chi connectivity index (χ2v) is 5.00. The summed E-state index contributed by atoms with van der Waals surface area (Å²) >= 11 is 0. The van der Waals surface area contributed by atoms with Crippen LogP contribution in [0.25, 0.3) is 0 Å². The molecule has 3 N–H and O–H groups in total. The monoisotopic (exact) mass is 301 g/mol. The molecule has 5 heteroatoms. The first-order chi connectivity index (χ1) is 10.5. The third-order valence-corrected chi connectivity index (χ3v) is 3.33. The lowest BCUT2D eigenvalue weighted by atomic mass is 10.1. The number of aryl methyl sites for hydroxylation is 1. The fraction of sp³-hybridized carbons (Fsp3) is 0.235. The molecule has 0 fully saturated rings. The van der Waals surface area contributed by atoms with Gasteiger partial charge in [0.25, 0.3) is 0 Å². The van der Waals surface area contributed by atoms with E-state index in [1.54, 1.807) is 18.2 Å². The molecule has 0 aliphatic rings. The highest BCUT2D eigenvalue weighted by Gasteiger charge is 2.16. The van der Waals surface area contributed by atoms with E-state index in [-0.39, 0.29) is 0 Å². The molecule has 2 aromatic carbocycles. The van der Waals surface area contributed by atoms with Gasteiger partial charge in [-0.05, 0) is 30.2 Å². The van der Waals surface area contributed by atoms with E-state index >= 15 is 0 Å². The maximum absolute atomic E-state index is 10.9. The van der Waals surface area contributed by atoms with Gasteiger partial charge in [-0.1, -0.05) is 35.9 Å². The number of ether oxygens (including phenoxy) is 2.